The first-order valence-electron chi connectivity index (χ1n) is 8.40. The third-order valence-electron chi connectivity index (χ3n) is 3.77. The molecule has 0 saturated heterocycles. The van der Waals surface area contributed by atoms with Gasteiger partial charge >= 0.3 is 0 Å². The van der Waals surface area contributed by atoms with Gasteiger partial charge in [0.1, 0.15) is 0 Å². The molecule has 6 nitrogen and oxygen atoms in total. The largest absolute Gasteiger partial charge is 0.416 e. The van der Waals surface area contributed by atoms with Crippen molar-refractivity contribution in [3.8, 4) is 0 Å². The Morgan fingerprint density at radius 3 is 2.76 bits per heavy atom. The summed E-state index contributed by atoms with van der Waals surface area (Å²) in [6.07, 6.45) is 1.47. The Bertz CT molecular complexity index is 648. The highest BCUT2D eigenvalue weighted by atomic mass is 32.2. The van der Waals surface area contributed by atoms with Crippen molar-refractivity contribution in [1.29, 1.82) is 0 Å². The SMILES string of the molecule is COCCCNC(=O)C(C)Sc1nnc(CC(C)c2ccccc2)o1. The second-order valence-corrected chi connectivity index (χ2v) is 7.17. The number of nitrogens with one attached hydrogen (secondary N) is 1. The summed E-state index contributed by atoms with van der Waals surface area (Å²) in [6.45, 7) is 5.19. The molecule has 0 spiro atoms. The quantitative estimate of drug-likeness (QED) is 0.516. The minimum Gasteiger partial charge on any atom is -0.416 e. The second-order valence-electron chi connectivity index (χ2n) is 5.88. The van der Waals surface area contributed by atoms with Crippen molar-refractivity contribution < 1.29 is 13.9 Å². The number of benzene rings is 1. The molecule has 0 radical (unpaired) electrons. The van der Waals surface area contributed by atoms with Crippen LogP contribution in [0.3, 0.4) is 0 Å². The highest BCUT2D eigenvalue weighted by Gasteiger charge is 2.19. The van der Waals surface area contributed by atoms with E-state index in [1.165, 1.54) is 17.3 Å². The highest BCUT2D eigenvalue weighted by molar-refractivity contribution is 8.00. The van der Waals surface area contributed by atoms with Crippen LogP contribution in [0.4, 0.5) is 0 Å². The molecule has 1 N–H and O–H groups in total. The van der Waals surface area contributed by atoms with Crippen LogP contribution in [0.5, 0.6) is 0 Å². The van der Waals surface area contributed by atoms with E-state index in [0.29, 0.717) is 36.6 Å². The molecule has 1 heterocycles. The number of methoxy groups -OCH3 is 1. The lowest BCUT2D eigenvalue weighted by atomic mass is 9.98. The Kier molecular flexibility index (Phi) is 7.94. The first-order chi connectivity index (χ1) is 12.1. The number of carbonyl (C=O) groups is 1. The molecule has 25 heavy (non-hydrogen) atoms. The van der Waals surface area contributed by atoms with Gasteiger partial charge in [-0.3, -0.25) is 4.79 Å². The molecule has 0 bridgehead atoms. The van der Waals surface area contributed by atoms with Gasteiger partial charge in [0.15, 0.2) is 0 Å². The molecule has 2 aromatic rings. The van der Waals surface area contributed by atoms with Crippen LogP contribution in [-0.4, -0.2) is 41.6 Å². The van der Waals surface area contributed by atoms with Crippen LogP contribution in [0.2, 0.25) is 0 Å². The fraction of sp³-hybridized carbons (Fsp3) is 0.500. The maximum atomic E-state index is 12.0. The van der Waals surface area contributed by atoms with E-state index in [4.69, 9.17) is 9.15 Å². The predicted molar refractivity (Wildman–Crippen MR) is 97.7 cm³/mol. The molecule has 0 aliphatic rings. The number of thioether (sulfide) groups is 1. The third-order valence-corrected chi connectivity index (χ3v) is 4.70. The first-order valence-corrected chi connectivity index (χ1v) is 9.28. The summed E-state index contributed by atoms with van der Waals surface area (Å²) < 4.78 is 10.6. The van der Waals surface area contributed by atoms with E-state index >= 15 is 0 Å². The van der Waals surface area contributed by atoms with Crippen molar-refractivity contribution in [1.82, 2.24) is 15.5 Å². The zero-order valence-electron chi connectivity index (χ0n) is 14.9. The number of aromatic nitrogens is 2. The molecular weight excluding hydrogens is 338 g/mol. The number of amides is 1. The van der Waals surface area contributed by atoms with E-state index in [0.717, 1.165) is 6.42 Å². The summed E-state index contributed by atoms with van der Waals surface area (Å²) in [4.78, 5) is 12.0. The molecule has 136 valence electrons. The fourth-order valence-electron chi connectivity index (χ4n) is 2.31. The summed E-state index contributed by atoms with van der Waals surface area (Å²) in [5, 5.41) is 11.1. The summed E-state index contributed by atoms with van der Waals surface area (Å²) in [5.74, 6) is 0.839. The molecule has 0 saturated carbocycles. The van der Waals surface area contributed by atoms with Gasteiger partial charge in [0.25, 0.3) is 5.22 Å². The molecule has 0 aliphatic heterocycles. The molecule has 2 atom stereocenters. The third kappa shape index (κ3) is 6.51. The van der Waals surface area contributed by atoms with Crippen molar-refractivity contribution >= 4 is 17.7 Å². The lowest BCUT2D eigenvalue weighted by Gasteiger charge is -2.09. The van der Waals surface area contributed by atoms with Crippen LogP contribution in [0.25, 0.3) is 0 Å². The van der Waals surface area contributed by atoms with Gasteiger partial charge in [-0.15, -0.1) is 10.2 Å². The monoisotopic (exact) mass is 363 g/mol. The minimum atomic E-state index is -0.289. The van der Waals surface area contributed by atoms with Gasteiger partial charge in [-0.05, 0) is 24.8 Å². The Balaban J connectivity index is 1.81. The van der Waals surface area contributed by atoms with Gasteiger partial charge in [0.05, 0.1) is 5.25 Å². The van der Waals surface area contributed by atoms with Crippen LogP contribution in [0, 0.1) is 0 Å². The molecule has 0 aliphatic carbocycles. The zero-order chi connectivity index (χ0) is 18.1. The fourth-order valence-corrected chi connectivity index (χ4v) is 3.03. The maximum absolute atomic E-state index is 12.0. The molecule has 1 aromatic heterocycles. The molecule has 2 unspecified atom stereocenters. The van der Waals surface area contributed by atoms with Gasteiger partial charge in [-0.1, -0.05) is 49.0 Å². The van der Waals surface area contributed by atoms with E-state index in [9.17, 15) is 4.79 Å². The Hall–Kier alpha value is -1.86. The van der Waals surface area contributed by atoms with Gasteiger partial charge in [0, 0.05) is 26.7 Å². The van der Waals surface area contributed by atoms with E-state index in [-0.39, 0.29) is 11.2 Å². The van der Waals surface area contributed by atoms with Crippen LogP contribution < -0.4 is 5.32 Å². The second kappa shape index (κ2) is 10.2. The number of rotatable bonds is 10. The van der Waals surface area contributed by atoms with Gasteiger partial charge in [0.2, 0.25) is 11.8 Å². The summed E-state index contributed by atoms with van der Waals surface area (Å²) in [6, 6.07) is 10.2. The Morgan fingerprint density at radius 2 is 2.04 bits per heavy atom. The Morgan fingerprint density at radius 1 is 1.28 bits per heavy atom. The average molecular weight is 363 g/mol. The summed E-state index contributed by atoms with van der Waals surface area (Å²) in [7, 11) is 1.64. The molecular formula is C18H25N3O3S. The normalized spacial score (nSPS) is 13.4. The highest BCUT2D eigenvalue weighted by Crippen LogP contribution is 2.24. The average Bonchev–Trinajstić information content (AvgIpc) is 3.06. The zero-order valence-corrected chi connectivity index (χ0v) is 15.7. The van der Waals surface area contributed by atoms with Gasteiger partial charge in [-0.25, -0.2) is 0 Å². The number of hydrogen-bond acceptors (Lipinski definition) is 6. The standard InChI is InChI=1S/C18H25N3O3S/c1-13(15-8-5-4-6-9-15)12-16-20-21-18(24-16)25-14(2)17(22)19-10-7-11-23-3/h4-6,8-9,13-14H,7,10-12H2,1-3H3,(H,19,22). The van der Waals surface area contributed by atoms with Crippen molar-refractivity contribution in [3.63, 3.8) is 0 Å². The lowest BCUT2D eigenvalue weighted by molar-refractivity contribution is -0.120. The van der Waals surface area contributed by atoms with E-state index in [2.05, 4.69) is 34.6 Å². The maximum Gasteiger partial charge on any atom is 0.277 e. The minimum absolute atomic E-state index is 0.0430. The van der Waals surface area contributed by atoms with Crippen molar-refractivity contribution in [2.45, 2.75) is 43.1 Å². The molecule has 0 fully saturated rings. The van der Waals surface area contributed by atoms with Crippen LogP contribution in [0.15, 0.2) is 40.0 Å². The number of ether oxygens (including phenoxy) is 1. The Labute approximate surface area is 152 Å². The summed E-state index contributed by atoms with van der Waals surface area (Å²) in [5.41, 5.74) is 1.23. The van der Waals surface area contributed by atoms with Crippen LogP contribution >= 0.6 is 11.8 Å². The van der Waals surface area contributed by atoms with Crippen LogP contribution in [0.1, 0.15) is 37.6 Å². The smallest absolute Gasteiger partial charge is 0.277 e. The number of hydrogen-bond donors (Lipinski definition) is 1. The molecule has 1 aromatic carbocycles. The molecule has 2 rings (SSSR count). The predicted octanol–water partition coefficient (Wildman–Crippen LogP) is 3.05. The van der Waals surface area contributed by atoms with Crippen molar-refractivity contribution in [3.05, 3.63) is 41.8 Å². The van der Waals surface area contributed by atoms with Crippen molar-refractivity contribution in [2.24, 2.45) is 0 Å². The molecule has 7 heteroatoms. The van der Waals surface area contributed by atoms with E-state index in [1.807, 2.05) is 25.1 Å². The van der Waals surface area contributed by atoms with E-state index in [1.54, 1.807) is 7.11 Å². The summed E-state index contributed by atoms with van der Waals surface area (Å²) >= 11 is 1.28. The topological polar surface area (TPSA) is 77.2 Å². The van der Waals surface area contributed by atoms with Crippen molar-refractivity contribution in [2.75, 3.05) is 20.3 Å². The van der Waals surface area contributed by atoms with E-state index < -0.39 is 0 Å². The lowest BCUT2D eigenvalue weighted by Crippen LogP contribution is -2.32. The van der Waals surface area contributed by atoms with Crippen LogP contribution in [-0.2, 0) is 16.0 Å². The van der Waals surface area contributed by atoms with Gasteiger partial charge in [-0.2, -0.15) is 0 Å². The number of nitrogens with zero attached hydrogens (tertiary/aromatic N) is 2. The number of carbonyl (C=O) groups excluding carboxylic acids is 1. The van der Waals surface area contributed by atoms with Gasteiger partial charge < -0.3 is 14.5 Å². The molecule has 1 amide bonds. The first kappa shape index (κ1) is 19.5.